The number of benzene rings is 1. The largest absolute Gasteiger partial charge is 0.368 e. The SMILES string of the molecule is O=[S@]1CCc2nc(N3CCN(c4ccc(Cl)cc4)CC3)nc(NC3CCCCC3)c21. The molecule has 5 rings (SSSR count). The van der Waals surface area contributed by atoms with Gasteiger partial charge in [-0.3, -0.25) is 4.21 Å². The van der Waals surface area contributed by atoms with Crippen molar-refractivity contribution in [3.05, 3.63) is 35.0 Å². The zero-order chi connectivity index (χ0) is 20.5. The second-order valence-electron chi connectivity index (χ2n) is 8.38. The van der Waals surface area contributed by atoms with E-state index in [0.29, 0.717) is 11.8 Å². The van der Waals surface area contributed by atoms with E-state index in [-0.39, 0.29) is 0 Å². The van der Waals surface area contributed by atoms with Gasteiger partial charge in [0.15, 0.2) is 0 Å². The van der Waals surface area contributed by atoms with Gasteiger partial charge in [-0.25, -0.2) is 4.98 Å². The van der Waals surface area contributed by atoms with Crippen LogP contribution in [0.5, 0.6) is 0 Å². The number of halogens is 1. The van der Waals surface area contributed by atoms with E-state index in [0.717, 1.165) is 60.0 Å². The van der Waals surface area contributed by atoms with E-state index >= 15 is 0 Å². The van der Waals surface area contributed by atoms with Crippen LogP contribution in [0.1, 0.15) is 37.8 Å². The maximum Gasteiger partial charge on any atom is 0.227 e. The molecule has 1 aromatic heterocycles. The van der Waals surface area contributed by atoms with Crippen LogP contribution in [0.4, 0.5) is 17.5 Å². The summed E-state index contributed by atoms with van der Waals surface area (Å²) in [5.74, 6) is 2.26. The maximum absolute atomic E-state index is 12.6. The summed E-state index contributed by atoms with van der Waals surface area (Å²) >= 11 is 6.02. The third-order valence-electron chi connectivity index (χ3n) is 6.38. The van der Waals surface area contributed by atoms with Gasteiger partial charge in [-0.05, 0) is 37.1 Å². The molecule has 0 radical (unpaired) electrons. The van der Waals surface area contributed by atoms with E-state index < -0.39 is 10.8 Å². The van der Waals surface area contributed by atoms with Crippen LogP contribution in [0.25, 0.3) is 0 Å². The molecule has 0 spiro atoms. The molecule has 160 valence electrons. The summed E-state index contributed by atoms with van der Waals surface area (Å²) in [6.45, 7) is 3.57. The topological polar surface area (TPSA) is 61.4 Å². The standard InChI is InChI=1S/C22H28ClN5OS/c23-16-6-8-18(9-7-16)27-11-13-28(14-12-27)22-25-19-10-15-30(29)20(19)21(26-22)24-17-4-2-1-3-5-17/h6-9,17H,1-5,10-15H2,(H,24,25,26)/t30-/m0/s1. The van der Waals surface area contributed by atoms with E-state index in [1.165, 1.54) is 37.8 Å². The molecular weight excluding hydrogens is 418 g/mol. The smallest absolute Gasteiger partial charge is 0.227 e. The Morgan fingerprint density at radius 3 is 2.40 bits per heavy atom. The Morgan fingerprint density at radius 2 is 1.67 bits per heavy atom. The van der Waals surface area contributed by atoms with Gasteiger partial charge in [0.1, 0.15) is 10.7 Å². The second kappa shape index (κ2) is 8.71. The van der Waals surface area contributed by atoms with Gasteiger partial charge in [0, 0.05) is 55.1 Å². The highest BCUT2D eigenvalue weighted by Gasteiger charge is 2.29. The maximum atomic E-state index is 12.6. The predicted octanol–water partition coefficient (Wildman–Crippen LogP) is 3.86. The fraction of sp³-hybridized carbons (Fsp3) is 0.545. The van der Waals surface area contributed by atoms with Crippen LogP contribution >= 0.6 is 11.6 Å². The summed E-state index contributed by atoms with van der Waals surface area (Å²) in [6.07, 6.45) is 6.94. The number of rotatable bonds is 4. The first-order valence-corrected chi connectivity index (χ1v) is 12.7. The number of piperazine rings is 1. The van der Waals surface area contributed by atoms with Crippen LogP contribution in [-0.2, 0) is 17.2 Å². The Hall–Kier alpha value is -1.86. The van der Waals surface area contributed by atoms with Crippen molar-refractivity contribution < 1.29 is 4.21 Å². The first-order valence-electron chi connectivity index (χ1n) is 11.0. The molecule has 1 aromatic carbocycles. The van der Waals surface area contributed by atoms with Crippen LogP contribution in [0, 0.1) is 0 Å². The molecule has 1 saturated heterocycles. The third-order valence-corrected chi connectivity index (χ3v) is 8.09. The Balaban J connectivity index is 1.34. The van der Waals surface area contributed by atoms with Crippen molar-refractivity contribution in [3.8, 4) is 0 Å². The second-order valence-corrected chi connectivity index (χ2v) is 10.3. The minimum atomic E-state index is -0.985. The number of aryl methyl sites for hydroxylation is 1. The lowest BCUT2D eigenvalue weighted by molar-refractivity contribution is 0.461. The molecule has 2 aliphatic heterocycles. The fourth-order valence-corrected chi connectivity index (χ4v) is 6.12. The van der Waals surface area contributed by atoms with E-state index in [1.807, 2.05) is 12.1 Å². The summed E-state index contributed by atoms with van der Waals surface area (Å²) in [6, 6.07) is 8.47. The molecule has 1 aliphatic carbocycles. The lowest BCUT2D eigenvalue weighted by Gasteiger charge is -2.36. The van der Waals surface area contributed by atoms with Gasteiger partial charge >= 0.3 is 0 Å². The summed E-state index contributed by atoms with van der Waals surface area (Å²) in [5.41, 5.74) is 2.17. The minimum absolute atomic E-state index is 0.435. The summed E-state index contributed by atoms with van der Waals surface area (Å²) in [4.78, 5) is 15.2. The molecule has 1 saturated carbocycles. The normalized spacial score (nSPS) is 22.2. The van der Waals surface area contributed by atoms with Crippen LogP contribution in [0.3, 0.4) is 0 Å². The van der Waals surface area contributed by atoms with Crippen molar-refractivity contribution >= 4 is 39.9 Å². The average molecular weight is 446 g/mol. The van der Waals surface area contributed by atoms with Crippen molar-refractivity contribution in [1.29, 1.82) is 0 Å². The summed E-state index contributed by atoms with van der Waals surface area (Å²) in [5, 5.41) is 4.40. The van der Waals surface area contributed by atoms with Crippen molar-refractivity contribution in [2.24, 2.45) is 0 Å². The molecule has 6 nitrogen and oxygen atoms in total. The van der Waals surface area contributed by atoms with E-state index in [1.54, 1.807) is 0 Å². The molecule has 0 amide bonds. The molecule has 2 aromatic rings. The lowest BCUT2D eigenvalue weighted by atomic mass is 9.95. The number of hydrogen-bond donors (Lipinski definition) is 1. The number of fused-ring (bicyclic) bond motifs is 1. The number of hydrogen-bond acceptors (Lipinski definition) is 6. The van der Waals surface area contributed by atoms with Gasteiger partial charge in [0.05, 0.1) is 16.5 Å². The molecule has 3 heterocycles. The molecule has 2 fully saturated rings. The van der Waals surface area contributed by atoms with Gasteiger partial charge in [-0.15, -0.1) is 0 Å². The molecule has 1 atom stereocenters. The Kier molecular flexibility index (Phi) is 5.83. The van der Waals surface area contributed by atoms with Gasteiger partial charge in [-0.2, -0.15) is 4.98 Å². The van der Waals surface area contributed by atoms with Crippen molar-refractivity contribution in [1.82, 2.24) is 9.97 Å². The number of aromatic nitrogens is 2. The first kappa shape index (κ1) is 20.1. The molecule has 0 unspecified atom stereocenters. The Morgan fingerprint density at radius 1 is 0.967 bits per heavy atom. The number of nitrogens with zero attached hydrogens (tertiary/aromatic N) is 4. The van der Waals surface area contributed by atoms with Gasteiger partial charge in [0.2, 0.25) is 5.95 Å². The molecular formula is C22H28ClN5OS. The van der Waals surface area contributed by atoms with Crippen molar-refractivity contribution in [2.45, 2.75) is 49.5 Å². The molecule has 1 N–H and O–H groups in total. The fourth-order valence-electron chi connectivity index (χ4n) is 4.68. The van der Waals surface area contributed by atoms with Gasteiger partial charge < -0.3 is 15.1 Å². The monoisotopic (exact) mass is 445 g/mol. The van der Waals surface area contributed by atoms with Crippen LogP contribution in [0.2, 0.25) is 5.02 Å². The minimum Gasteiger partial charge on any atom is -0.368 e. The zero-order valence-electron chi connectivity index (χ0n) is 17.1. The molecule has 8 heteroatoms. The van der Waals surface area contributed by atoms with E-state index in [4.69, 9.17) is 21.6 Å². The predicted molar refractivity (Wildman–Crippen MR) is 123 cm³/mol. The highest BCUT2D eigenvalue weighted by Crippen LogP contribution is 2.32. The van der Waals surface area contributed by atoms with E-state index in [2.05, 4.69) is 27.2 Å². The van der Waals surface area contributed by atoms with Crippen molar-refractivity contribution in [3.63, 3.8) is 0 Å². The van der Waals surface area contributed by atoms with Gasteiger partial charge in [0.25, 0.3) is 0 Å². The third kappa shape index (κ3) is 4.14. The summed E-state index contributed by atoms with van der Waals surface area (Å²) < 4.78 is 12.6. The number of anilines is 3. The quantitative estimate of drug-likeness (QED) is 0.770. The molecule has 30 heavy (non-hydrogen) atoms. The van der Waals surface area contributed by atoms with Gasteiger partial charge in [-0.1, -0.05) is 30.9 Å². The van der Waals surface area contributed by atoms with Crippen LogP contribution in [-0.4, -0.2) is 52.2 Å². The molecule has 0 bridgehead atoms. The Bertz CT molecular complexity index is 924. The number of nitrogens with one attached hydrogen (secondary N) is 1. The van der Waals surface area contributed by atoms with Crippen molar-refractivity contribution in [2.75, 3.05) is 47.0 Å². The average Bonchev–Trinajstić information content (AvgIpc) is 3.16. The highest BCUT2D eigenvalue weighted by atomic mass is 35.5. The highest BCUT2D eigenvalue weighted by molar-refractivity contribution is 7.85. The first-order chi connectivity index (χ1) is 14.7. The molecule has 3 aliphatic rings. The van der Waals surface area contributed by atoms with Crippen LogP contribution in [0.15, 0.2) is 29.2 Å². The van der Waals surface area contributed by atoms with Crippen LogP contribution < -0.4 is 15.1 Å². The Labute approximate surface area is 185 Å². The lowest BCUT2D eigenvalue weighted by Crippen LogP contribution is -2.47. The van der Waals surface area contributed by atoms with E-state index in [9.17, 15) is 4.21 Å². The zero-order valence-corrected chi connectivity index (χ0v) is 18.7. The summed E-state index contributed by atoms with van der Waals surface area (Å²) in [7, 11) is -0.985.